The third-order valence-corrected chi connectivity index (χ3v) is 5.19. The van der Waals surface area contributed by atoms with Crippen LogP contribution in [0.1, 0.15) is 22.8 Å². The molecule has 2 heterocycles. The summed E-state index contributed by atoms with van der Waals surface area (Å²) in [5.74, 6) is -0.0107. The lowest BCUT2D eigenvalue weighted by molar-refractivity contribution is -0.137. The molecular formula is C22H13Cl2F3N2O2. The van der Waals surface area contributed by atoms with Crippen LogP contribution in [0.4, 0.5) is 13.2 Å². The van der Waals surface area contributed by atoms with Crippen LogP contribution in [0.3, 0.4) is 0 Å². The number of halogens is 5. The van der Waals surface area contributed by atoms with E-state index in [0.717, 1.165) is 12.1 Å². The lowest BCUT2D eigenvalue weighted by Crippen LogP contribution is -2.05. The highest BCUT2D eigenvalue weighted by Crippen LogP contribution is 2.42. The molecule has 1 atom stereocenters. The largest absolute Gasteiger partial charge is 0.416 e. The van der Waals surface area contributed by atoms with E-state index in [-0.39, 0.29) is 27.6 Å². The van der Waals surface area contributed by atoms with E-state index >= 15 is 0 Å². The van der Waals surface area contributed by atoms with E-state index in [4.69, 9.17) is 27.7 Å². The maximum atomic E-state index is 13.2. The van der Waals surface area contributed by atoms with Crippen LogP contribution < -0.4 is 0 Å². The summed E-state index contributed by atoms with van der Waals surface area (Å²) in [5, 5.41) is 15.8. The van der Waals surface area contributed by atoms with Gasteiger partial charge in [-0.1, -0.05) is 46.6 Å². The van der Waals surface area contributed by atoms with Gasteiger partial charge in [0.05, 0.1) is 16.1 Å². The molecule has 4 aromatic rings. The van der Waals surface area contributed by atoms with Gasteiger partial charge >= 0.3 is 6.18 Å². The minimum Gasteiger partial charge on any atom is -0.383 e. The van der Waals surface area contributed by atoms with Crippen LogP contribution >= 0.6 is 23.2 Å². The van der Waals surface area contributed by atoms with E-state index in [0.29, 0.717) is 16.1 Å². The van der Waals surface area contributed by atoms with Gasteiger partial charge in [-0.25, -0.2) is 0 Å². The van der Waals surface area contributed by atoms with E-state index < -0.39 is 17.8 Å². The van der Waals surface area contributed by atoms with Crippen LogP contribution in [0.25, 0.3) is 22.6 Å². The summed E-state index contributed by atoms with van der Waals surface area (Å²) in [6.07, 6.45) is -2.85. The van der Waals surface area contributed by atoms with Crippen molar-refractivity contribution in [2.45, 2.75) is 12.3 Å². The van der Waals surface area contributed by atoms with Crippen molar-refractivity contribution < 1.29 is 22.8 Å². The van der Waals surface area contributed by atoms with Crippen LogP contribution in [0, 0.1) is 0 Å². The van der Waals surface area contributed by atoms with Crippen molar-refractivity contribution in [2.24, 2.45) is 0 Å². The van der Waals surface area contributed by atoms with Crippen molar-refractivity contribution in [3.05, 3.63) is 93.7 Å². The van der Waals surface area contributed by atoms with Gasteiger partial charge in [-0.2, -0.15) is 13.2 Å². The minimum atomic E-state index is -4.54. The van der Waals surface area contributed by atoms with E-state index in [9.17, 15) is 18.3 Å². The second-order valence-electron chi connectivity index (χ2n) is 6.67. The van der Waals surface area contributed by atoms with Crippen molar-refractivity contribution in [2.75, 3.05) is 0 Å². The van der Waals surface area contributed by atoms with Crippen molar-refractivity contribution in [1.29, 1.82) is 0 Å². The summed E-state index contributed by atoms with van der Waals surface area (Å²) < 4.78 is 45.1. The third-order valence-electron chi connectivity index (χ3n) is 4.64. The van der Waals surface area contributed by atoms with Crippen LogP contribution in [-0.2, 0) is 6.18 Å². The molecule has 0 saturated heterocycles. The molecular weight excluding hydrogens is 452 g/mol. The second kappa shape index (κ2) is 8.34. The first-order chi connectivity index (χ1) is 14.8. The number of pyridine rings is 1. The standard InChI is InChI=1S/C22H13Cl2F3N2O2/c23-15-6-7-16(17(24)10-15)19-18(20(30)13-4-2-8-28-11-13)21(31-29-19)12-3-1-5-14(9-12)22(25,26)27/h1-11,20,30H. The van der Waals surface area contributed by atoms with E-state index in [2.05, 4.69) is 10.1 Å². The quantitative estimate of drug-likeness (QED) is 0.360. The molecule has 0 spiro atoms. The topological polar surface area (TPSA) is 59.2 Å². The fourth-order valence-corrected chi connectivity index (χ4v) is 3.67. The summed E-state index contributed by atoms with van der Waals surface area (Å²) in [6, 6.07) is 12.5. The van der Waals surface area contributed by atoms with Crippen LogP contribution in [-0.4, -0.2) is 15.2 Å². The fraction of sp³-hybridized carbons (Fsp3) is 0.0909. The molecule has 0 aliphatic carbocycles. The van der Waals surface area contributed by atoms with Gasteiger partial charge in [-0.05, 0) is 36.4 Å². The highest BCUT2D eigenvalue weighted by molar-refractivity contribution is 6.36. The number of aliphatic hydroxyl groups excluding tert-OH is 1. The summed E-state index contributed by atoms with van der Waals surface area (Å²) in [6.45, 7) is 0. The lowest BCUT2D eigenvalue weighted by atomic mass is 9.94. The van der Waals surface area contributed by atoms with Crippen molar-refractivity contribution in [1.82, 2.24) is 10.1 Å². The summed E-state index contributed by atoms with van der Waals surface area (Å²) in [4.78, 5) is 3.99. The maximum Gasteiger partial charge on any atom is 0.416 e. The Morgan fingerprint density at radius 3 is 2.48 bits per heavy atom. The number of hydrogen-bond donors (Lipinski definition) is 1. The molecule has 4 rings (SSSR count). The Balaban J connectivity index is 1.94. The Hall–Kier alpha value is -2.87. The van der Waals surface area contributed by atoms with Gasteiger partial charge in [0.15, 0.2) is 5.76 Å². The Bertz CT molecular complexity index is 1230. The molecule has 9 heteroatoms. The number of nitrogens with zero attached hydrogens (tertiary/aromatic N) is 2. The molecule has 0 aliphatic heterocycles. The number of aliphatic hydroxyl groups is 1. The minimum absolute atomic E-state index is 0.0107. The molecule has 0 amide bonds. The number of aromatic nitrogens is 2. The van der Waals surface area contributed by atoms with Gasteiger partial charge < -0.3 is 9.63 Å². The third kappa shape index (κ3) is 4.30. The summed E-state index contributed by atoms with van der Waals surface area (Å²) in [5.41, 5.74) is 0.420. The number of hydrogen-bond acceptors (Lipinski definition) is 4. The Kier molecular flexibility index (Phi) is 5.75. The molecule has 1 unspecified atom stereocenters. The second-order valence-corrected chi connectivity index (χ2v) is 7.51. The highest BCUT2D eigenvalue weighted by Gasteiger charge is 2.32. The molecule has 0 radical (unpaired) electrons. The molecule has 158 valence electrons. The lowest BCUT2D eigenvalue weighted by Gasteiger charge is -2.14. The van der Waals surface area contributed by atoms with E-state index in [1.165, 1.54) is 30.6 Å². The molecule has 0 bridgehead atoms. The summed E-state index contributed by atoms with van der Waals surface area (Å²) >= 11 is 12.3. The molecule has 0 fully saturated rings. The number of benzene rings is 2. The van der Waals surface area contributed by atoms with Crippen LogP contribution in [0.15, 0.2) is 71.5 Å². The first-order valence-electron chi connectivity index (χ1n) is 8.96. The zero-order chi connectivity index (χ0) is 22.2. The SMILES string of the molecule is OC(c1cccnc1)c1c(-c2ccc(Cl)cc2Cl)noc1-c1cccc(C(F)(F)F)c1. The zero-order valence-electron chi connectivity index (χ0n) is 15.6. The Morgan fingerprint density at radius 1 is 1.00 bits per heavy atom. The maximum absolute atomic E-state index is 13.2. The van der Waals surface area contributed by atoms with Gasteiger partial charge in [0.25, 0.3) is 0 Å². The van der Waals surface area contributed by atoms with Gasteiger partial charge in [0, 0.05) is 34.1 Å². The first-order valence-corrected chi connectivity index (χ1v) is 9.72. The zero-order valence-corrected chi connectivity index (χ0v) is 17.1. The predicted octanol–water partition coefficient (Wildman–Crippen LogP) is 6.81. The Morgan fingerprint density at radius 2 is 1.81 bits per heavy atom. The molecule has 0 aliphatic rings. The number of rotatable bonds is 4. The van der Waals surface area contributed by atoms with Crippen LogP contribution in [0.2, 0.25) is 10.0 Å². The molecule has 2 aromatic heterocycles. The molecule has 1 N–H and O–H groups in total. The van der Waals surface area contributed by atoms with Gasteiger partial charge in [0.1, 0.15) is 11.8 Å². The van der Waals surface area contributed by atoms with Crippen molar-refractivity contribution in [3.63, 3.8) is 0 Å². The van der Waals surface area contributed by atoms with E-state index in [1.54, 1.807) is 24.3 Å². The molecule has 4 nitrogen and oxygen atoms in total. The predicted molar refractivity (Wildman–Crippen MR) is 111 cm³/mol. The van der Waals surface area contributed by atoms with Crippen molar-refractivity contribution >= 4 is 23.2 Å². The molecule has 2 aromatic carbocycles. The highest BCUT2D eigenvalue weighted by atomic mass is 35.5. The summed E-state index contributed by atoms with van der Waals surface area (Å²) in [7, 11) is 0. The Labute approximate surface area is 184 Å². The number of alkyl halides is 3. The van der Waals surface area contributed by atoms with Crippen molar-refractivity contribution in [3.8, 4) is 22.6 Å². The average Bonchev–Trinajstić information content (AvgIpc) is 3.18. The van der Waals surface area contributed by atoms with Gasteiger partial charge in [0.2, 0.25) is 0 Å². The average molecular weight is 465 g/mol. The monoisotopic (exact) mass is 464 g/mol. The molecule has 31 heavy (non-hydrogen) atoms. The van der Waals surface area contributed by atoms with E-state index in [1.807, 2.05) is 0 Å². The smallest absolute Gasteiger partial charge is 0.383 e. The van der Waals surface area contributed by atoms with Gasteiger partial charge in [-0.15, -0.1) is 0 Å². The first kappa shape index (κ1) is 21.4. The molecule has 0 saturated carbocycles. The van der Waals surface area contributed by atoms with Gasteiger partial charge in [-0.3, -0.25) is 4.98 Å². The normalized spacial score (nSPS) is 12.7. The van der Waals surface area contributed by atoms with Crippen LogP contribution in [0.5, 0.6) is 0 Å². The fourth-order valence-electron chi connectivity index (χ4n) is 3.18.